The molecule has 0 bridgehead atoms. The molecule has 0 radical (unpaired) electrons. The van der Waals surface area contributed by atoms with E-state index in [0.717, 1.165) is 11.1 Å². The van der Waals surface area contributed by atoms with Crippen LogP contribution in [0.15, 0.2) is 80.1 Å². The van der Waals surface area contributed by atoms with Gasteiger partial charge in [0.2, 0.25) is 0 Å². The molecule has 0 saturated carbocycles. The Morgan fingerprint density at radius 3 is 2.62 bits per heavy atom. The molecular formula is C29H25N3O6S. The Hall–Kier alpha value is -4.57. The van der Waals surface area contributed by atoms with E-state index in [1.54, 1.807) is 39.0 Å². The number of nitrogens with zero attached hydrogens (tertiary/aromatic N) is 3. The number of esters is 1. The van der Waals surface area contributed by atoms with Crippen LogP contribution in [0.1, 0.15) is 42.3 Å². The van der Waals surface area contributed by atoms with Crippen molar-refractivity contribution < 1.29 is 18.9 Å². The number of thiazole rings is 1. The minimum absolute atomic E-state index is 0.0185. The predicted octanol–water partition coefficient (Wildman–Crippen LogP) is 4.58. The van der Waals surface area contributed by atoms with Crippen LogP contribution in [0.2, 0.25) is 0 Å². The normalized spacial score (nSPS) is 15.2. The highest BCUT2D eigenvalue weighted by Crippen LogP contribution is 2.32. The number of aryl methyl sites for hydroxylation is 1. The van der Waals surface area contributed by atoms with Crippen LogP contribution in [0.3, 0.4) is 0 Å². The third kappa shape index (κ3) is 4.74. The molecule has 0 aliphatic carbocycles. The summed E-state index contributed by atoms with van der Waals surface area (Å²) in [5, 5.41) is 11.5. The minimum atomic E-state index is -0.688. The second-order valence-corrected chi connectivity index (χ2v) is 10.1. The maximum absolute atomic E-state index is 13.7. The van der Waals surface area contributed by atoms with Gasteiger partial charge in [-0.2, -0.15) is 0 Å². The lowest BCUT2D eigenvalue weighted by Gasteiger charge is -2.24. The molecule has 10 heteroatoms. The van der Waals surface area contributed by atoms with E-state index in [-0.39, 0.29) is 17.9 Å². The molecule has 0 spiro atoms. The van der Waals surface area contributed by atoms with Crippen LogP contribution < -0.4 is 14.9 Å². The monoisotopic (exact) mass is 543 g/mol. The number of allylic oxidation sites excluding steroid dienone is 1. The Bertz CT molecular complexity index is 1830. The maximum atomic E-state index is 13.7. The molecule has 2 aromatic heterocycles. The maximum Gasteiger partial charge on any atom is 0.338 e. The summed E-state index contributed by atoms with van der Waals surface area (Å²) in [5.41, 5.74) is 3.22. The third-order valence-corrected chi connectivity index (χ3v) is 7.64. The first-order valence-corrected chi connectivity index (χ1v) is 13.1. The van der Waals surface area contributed by atoms with E-state index in [2.05, 4.69) is 4.99 Å². The fraction of sp³-hybridized carbons (Fsp3) is 0.207. The number of carbonyl (C=O) groups excluding carboxylic acids is 1. The van der Waals surface area contributed by atoms with Crippen LogP contribution in [0, 0.1) is 24.0 Å². The summed E-state index contributed by atoms with van der Waals surface area (Å²) in [6.45, 7) is 7.19. The third-order valence-electron chi connectivity index (χ3n) is 6.65. The van der Waals surface area contributed by atoms with E-state index in [1.807, 2.05) is 43.3 Å². The van der Waals surface area contributed by atoms with Gasteiger partial charge in [-0.25, -0.2) is 9.79 Å². The summed E-state index contributed by atoms with van der Waals surface area (Å²) in [7, 11) is 0. The van der Waals surface area contributed by atoms with Gasteiger partial charge in [0, 0.05) is 23.3 Å². The summed E-state index contributed by atoms with van der Waals surface area (Å²) in [6.07, 6.45) is 1.62. The molecule has 1 aliphatic heterocycles. The van der Waals surface area contributed by atoms with Crippen molar-refractivity contribution in [3.8, 4) is 11.3 Å². The predicted molar refractivity (Wildman–Crippen MR) is 147 cm³/mol. The highest BCUT2D eigenvalue weighted by atomic mass is 32.1. The van der Waals surface area contributed by atoms with Gasteiger partial charge in [-0.1, -0.05) is 41.7 Å². The van der Waals surface area contributed by atoms with Crippen LogP contribution in [0.25, 0.3) is 17.4 Å². The Kier molecular flexibility index (Phi) is 6.88. The first-order chi connectivity index (χ1) is 18.7. The molecule has 1 aliphatic rings. The summed E-state index contributed by atoms with van der Waals surface area (Å²) in [4.78, 5) is 42.8. The molecule has 4 aromatic rings. The summed E-state index contributed by atoms with van der Waals surface area (Å²) in [5.74, 6) is 0.344. The smallest absolute Gasteiger partial charge is 0.338 e. The van der Waals surface area contributed by atoms with Crippen molar-refractivity contribution in [3.05, 3.63) is 118 Å². The molecule has 1 atom stereocenters. The summed E-state index contributed by atoms with van der Waals surface area (Å²) < 4.78 is 13.2. The van der Waals surface area contributed by atoms with Crippen LogP contribution in [-0.2, 0) is 9.53 Å². The molecule has 1 unspecified atom stereocenters. The van der Waals surface area contributed by atoms with E-state index in [4.69, 9.17) is 9.15 Å². The quantitative estimate of drug-likeness (QED) is 0.200. The van der Waals surface area contributed by atoms with Crippen molar-refractivity contribution in [1.82, 2.24) is 4.57 Å². The van der Waals surface area contributed by atoms with Gasteiger partial charge < -0.3 is 9.15 Å². The second-order valence-electron chi connectivity index (χ2n) is 9.11. The van der Waals surface area contributed by atoms with Gasteiger partial charge in [0.05, 0.1) is 33.4 Å². The molecule has 9 nitrogen and oxygen atoms in total. The lowest BCUT2D eigenvalue weighted by Crippen LogP contribution is -2.39. The summed E-state index contributed by atoms with van der Waals surface area (Å²) in [6, 6.07) is 15.3. The van der Waals surface area contributed by atoms with Crippen LogP contribution >= 0.6 is 11.3 Å². The topological polar surface area (TPSA) is 117 Å². The highest BCUT2D eigenvalue weighted by molar-refractivity contribution is 7.07. The number of furan rings is 1. The molecular weight excluding hydrogens is 518 g/mol. The Morgan fingerprint density at radius 1 is 1.18 bits per heavy atom. The van der Waals surface area contributed by atoms with Crippen molar-refractivity contribution in [3.63, 3.8) is 0 Å². The van der Waals surface area contributed by atoms with E-state index in [0.29, 0.717) is 43.3 Å². The number of fused-ring (bicyclic) bond motifs is 1. The second kappa shape index (κ2) is 10.3. The lowest BCUT2D eigenvalue weighted by molar-refractivity contribution is -0.385. The fourth-order valence-electron chi connectivity index (χ4n) is 4.63. The van der Waals surface area contributed by atoms with Gasteiger partial charge in [0.25, 0.3) is 11.2 Å². The van der Waals surface area contributed by atoms with E-state index >= 15 is 0 Å². The number of aromatic nitrogens is 1. The van der Waals surface area contributed by atoms with E-state index in [9.17, 15) is 19.7 Å². The Labute approximate surface area is 227 Å². The number of benzene rings is 2. The highest BCUT2D eigenvalue weighted by Gasteiger charge is 2.33. The average Bonchev–Trinajstić information content (AvgIpc) is 3.49. The molecule has 5 rings (SSSR count). The van der Waals surface area contributed by atoms with E-state index in [1.165, 1.54) is 22.0 Å². The first kappa shape index (κ1) is 26.1. The molecule has 0 saturated heterocycles. The molecule has 198 valence electrons. The van der Waals surface area contributed by atoms with Crippen molar-refractivity contribution in [2.75, 3.05) is 6.61 Å². The first-order valence-electron chi connectivity index (χ1n) is 12.3. The van der Waals surface area contributed by atoms with Crippen molar-refractivity contribution in [2.45, 2.75) is 33.7 Å². The number of nitro groups is 1. The van der Waals surface area contributed by atoms with Gasteiger partial charge in [0.15, 0.2) is 4.80 Å². The Balaban J connectivity index is 1.61. The van der Waals surface area contributed by atoms with E-state index < -0.39 is 16.9 Å². The van der Waals surface area contributed by atoms with Gasteiger partial charge in [0.1, 0.15) is 11.5 Å². The molecule has 0 fully saturated rings. The van der Waals surface area contributed by atoms with Crippen LogP contribution in [0.5, 0.6) is 0 Å². The number of hydrogen-bond acceptors (Lipinski definition) is 8. The minimum Gasteiger partial charge on any atom is -0.463 e. The fourth-order valence-corrected chi connectivity index (χ4v) is 5.66. The Morgan fingerprint density at radius 2 is 1.92 bits per heavy atom. The van der Waals surface area contributed by atoms with Crippen LogP contribution in [-0.4, -0.2) is 22.1 Å². The molecule has 0 N–H and O–H groups in total. The zero-order valence-corrected chi connectivity index (χ0v) is 22.6. The molecule has 0 amide bonds. The molecule has 3 heterocycles. The largest absolute Gasteiger partial charge is 0.463 e. The zero-order valence-electron chi connectivity index (χ0n) is 21.8. The zero-order chi connectivity index (χ0) is 27.8. The number of hydrogen-bond donors (Lipinski definition) is 0. The standard InChI is InChI=1S/C29H25N3O6S/c1-5-37-28(34)25-18(4)30-29-31(26(25)19-9-7-6-8-10-19)27(33)24(39-29)15-21-11-12-23(38-21)20-13-16(2)17(3)22(14-20)32(35)36/h6-15,26H,5H2,1-4H3. The SMILES string of the molecule is CCOC(=O)C1=C(C)N=c2sc(=Cc3ccc(-c4cc(C)c(C)c([N+](=O)[O-])c4)o3)c(=O)n2C1c1ccccc1. The summed E-state index contributed by atoms with van der Waals surface area (Å²) >= 11 is 1.19. The van der Waals surface area contributed by atoms with Gasteiger partial charge >= 0.3 is 5.97 Å². The molecule has 2 aromatic carbocycles. The number of rotatable bonds is 6. The number of carbonyl (C=O) groups is 1. The van der Waals surface area contributed by atoms with Gasteiger partial charge in [-0.05, 0) is 57.0 Å². The lowest BCUT2D eigenvalue weighted by atomic mass is 9.96. The average molecular weight is 544 g/mol. The van der Waals surface area contributed by atoms with Gasteiger partial charge in [-0.15, -0.1) is 0 Å². The van der Waals surface area contributed by atoms with Crippen molar-refractivity contribution in [2.24, 2.45) is 4.99 Å². The number of ether oxygens (including phenoxy) is 1. The van der Waals surface area contributed by atoms with Gasteiger partial charge in [-0.3, -0.25) is 19.5 Å². The van der Waals surface area contributed by atoms with Crippen LogP contribution in [0.4, 0.5) is 5.69 Å². The van der Waals surface area contributed by atoms with Crippen molar-refractivity contribution >= 4 is 29.1 Å². The molecule has 39 heavy (non-hydrogen) atoms. The number of nitro benzene ring substituents is 1. The van der Waals surface area contributed by atoms with Crippen molar-refractivity contribution in [1.29, 1.82) is 0 Å².